The molecule has 4 aliphatic carbocycles. The molecule has 139 heavy (non-hydrogen) atoms. The Bertz CT molecular complexity index is 6720. The summed E-state index contributed by atoms with van der Waals surface area (Å²) in [6.07, 6.45) is 24.4. The van der Waals surface area contributed by atoms with Crippen LogP contribution in [0, 0.1) is 40.4 Å². The maximum Gasteiger partial charge on any atom is 0.156 e. The van der Waals surface area contributed by atoms with Gasteiger partial charge in [0.15, 0.2) is 29.1 Å². The number of piperidine rings is 4. The number of anilines is 7. The number of nitrogens with zero attached hydrogens (tertiary/aromatic N) is 22. The van der Waals surface area contributed by atoms with Gasteiger partial charge in [-0.1, -0.05) is 121 Å². The van der Waals surface area contributed by atoms with Gasteiger partial charge in [-0.2, -0.15) is 0 Å². The van der Waals surface area contributed by atoms with Crippen LogP contribution in [0.15, 0.2) is 215 Å². The smallest absolute Gasteiger partial charge is 0.156 e. The van der Waals surface area contributed by atoms with Crippen LogP contribution in [0.3, 0.4) is 0 Å². The van der Waals surface area contributed by atoms with Crippen molar-refractivity contribution in [2.45, 2.75) is 186 Å². The topological polar surface area (TPSA) is 358 Å². The molecule has 14 aliphatic rings. The van der Waals surface area contributed by atoms with Crippen molar-refractivity contribution in [2.75, 3.05) is 107 Å². The molecule has 28 nitrogen and oxygen atoms in total. The van der Waals surface area contributed by atoms with Crippen LogP contribution in [-0.2, 0) is 64.7 Å². The minimum Gasteiger partial charge on any atom is -0.387 e. The Balaban J connectivity index is 0.000000104. The molecule has 0 saturated carbocycles. The molecular formula is C111H120N26O2. The average molecular weight is 1850 g/mol. The zero-order valence-corrected chi connectivity index (χ0v) is 79.7. The van der Waals surface area contributed by atoms with E-state index in [1.165, 1.54) is 44.5 Å². The second-order valence-electron chi connectivity index (χ2n) is 40.5. The summed E-state index contributed by atoms with van der Waals surface area (Å²) in [5, 5.41) is 21.5. The highest BCUT2D eigenvalue weighted by Gasteiger charge is 2.52. The molecule has 12 aromatic rings. The Morgan fingerprint density at radius 2 is 0.770 bits per heavy atom. The Morgan fingerprint density at radius 3 is 1.19 bits per heavy atom. The van der Waals surface area contributed by atoms with Gasteiger partial charge in [-0.25, -0.2) is 39.9 Å². The standard InChI is InChI=1S/2C29H33N7O.C27H25N5.C26H29N7/c2*1-18(37)24-28(35-14-10-29(11-15-35)16-19-6-2-3-7-20(19)26(29)30)33-22-17-32-27(25(22)34-24)36-13-5-8-21-23(36)9-4-12-31-21;28-26-21-9-5-4-8-20(21)16-27(26)12-14-32(15-13-27)24-18-30-25-22(29-17-23(25)31-24)11-10-19-6-2-1-3-7-19;1-17-13-19(7-10-28-17)32(2)25-23-21(15-30-25)31-22(16-29-23)33-11-8-26(9-12-33)14-18-5-3-4-6-20(18)24(26)27/h2*2-4,6-7,9,12,18,26,37H,5,8,10-11,13-17,30H2,1H3;1-9,18,26H,12-17,28H2;3-7,10,13,16,24H,8-9,11-12,14-15,27H2,1-2H3/t18-,26+;18-,26-;26-;24-/m0111/s1. The van der Waals surface area contributed by atoms with Crippen molar-refractivity contribution >= 4 is 63.6 Å². The van der Waals surface area contributed by atoms with E-state index in [-0.39, 0.29) is 45.8 Å². The van der Waals surface area contributed by atoms with Crippen molar-refractivity contribution in [1.29, 1.82) is 0 Å². The second kappa shape index (κ2) is 36.7. The molecule has 0 bridgehead atoms. The van der Waals surface area contributed by atoms with Crippen LogP contribution in [0.1, 0.15) is 239 Å². The van der Waals surface area contributed by atoms with Gasteiger partial charge in [0.25, 0.3) is 0 Å². The molecule has 10 N–H and O–H groups in total. The van der Waals surface area contributed by atoms with E-state index in [4.69, 9.17) is 77.8 Å². The lowest BCUT2D eigenvalue weighted by atomic mass is 9.73. The van der Waals surface area contributed by atoms with E-state index in [1.807, 2.05) is 93.5 Å². The summed E-state index contributed by atoms with van der Waals surface area (Å²) in [4.78, 5) is 88.0. The van der Waals surface area contributed by atoms with Gasteiger partial charge >= 0.3 is 0 Å². The van der Waals surface area contributed by atoms with Crippen molar-refractivity contribution < 1.29 is 10.2 Å². The zero-order valence-electron chi connectivity index (χ0n) is 79.7. The van der Waals surface area contributed by atoms with Crippen LogP contribution in [0.2, 0.25) is 0 Å². The SMILES string of the molecule is C[C@@H](O)c1nc2c(nc1N1CCC3(CC1)Cc1ccccc1[C@H]3N)CN=C2N1CCCc2ncccc21.C[C@H](O)c1nc2c(nc1N1CCC3(CC1)Cc1ccccc1[C@H]3N)CN=C2N1CCCc2ncccc21.Cc1cc(N(C)C2=NCc3nc(N4CCC5(CC4)Cc4ccccc4[C@H]5N)cnc32)ccn1.N[C@@H]1c2ccccc2CC12CCN(c1cnc3c(n1)CN=C3C#Cc1ccccc1)CC2. The molecule has 26 rings (SSSR count). The van der Waals surface area contributed by atoms with Crippen molar-refractivity contribution in [2.24, 2.45) is 64.6 Å². The Labute approximate surface area is 812 Å². The third kappa shape index (κ3) is 16.4. The van der Waals surface area contributed by atoms with E-state index in [1.54, 1.807) is 13.8 Å². The predicted molar refractivity (Wildman–Crippen MR) is 545 cm³/mol. The van der Waals surface area contributed by atoms with Gasteiger partial charge in [0.05, 0.1) is 96.3 Å². The third-order valence-electron chi connectivity index (χ3n) is 32.5. The molecule has 28 heteroatoms. The van der Waals surface area contributed by atoms with E-state index in [0.29, 0.717) is 37.6 Å². The number of rotatable bonds is 7. The van der Waals surface area contributed by atoms with Gasteiger partial charge < -0.3 is 67.4 Å². The fourth-order valence-electron chi connectivity index (χ4n) is 24.6. The minimum absolute atomic E-state index is 0.0751. The molecule has 0 radical (unpaired) electrons. The lowest BCUT2D eigenvalue weighted by Crippen LogP contribution is -2.45. The van der Waals surface area contributed by atoms with Crippen molar-refractivity contribution in [1.82, 2.24) is 54.8 Å². The van der Waals surface area contributed by atoms with Gasteiger partial charge in [0.2, 0.25) is 0 Å². The van der Waals surface area contributed by atoms with Gasteiger partial charge in [-0.05, 0) is 244 Å². The average Bonchev–Trinajstić information content (AvgIpc) is 1.62. The molecule has 4 fully saturated rings. The van der Waals surface area contributed by atoms with Crippen LogP contribution >= 0.6 is 0 Å². The number of hydrogen-bond donors (Lipinski definition) is 6. The number of benzene rings is 5. The molecule has 6 atom stereocenters. The molecule has 4 saturated heterocycles. The van der Waals surface area contributed by atoms with Gasteiger partial charge in [-0.3, -0.25) is 34.9 Å². The number of pyridine rings is 3. The number of aromatic nitrogens is 11. The number of aliphatic imine (C=N–C) groups is 4. The van der Waals surface area contributed by atoms with E-state index in [9.17, 15) is 10.2 Å². The number of nitrogens with two attached hydrogens (primary N) is 4. The first-order chi connectivity index (χ1) is 67.8. The monoisotopic (exact) mass is 1850 g/mol. The molecule has 0 amide bonds. The Hall–Kier alpha value is -13.5. The molecule has 10 aliphatic heterocycles. The summed E-state index contributed by atoms with van der Waals surface area (Å²) in [5.41, 5.74) is 54.8. The highest BCUT2D eigenvalue weighted by atomic mass is 16.3. The number of fused-ring (bicyclic) bond motifs is 10. The van der Waals surface area contributed by atoms with Crippen LogP contribution in [-0.4, -0.2) is 161 Å². The lowest BCUT2D eigenvalue weighted by molar-refractivity contribution is 0.182. The first kappa shape index (κ1) is 89.4. The third-order valence-corrected chi connectivity index (χ3v) is 32.5. The van der Waals surface area contributed by atoms with E-state index < -0.39 is 12.2 Å². The molecule has 706 valence electrons. The number of hydrogen-bond acceptors (Lipinski definition) is 28. The summed E-state index contributed by atoms with van der Waals surface area (Å²) < 4.78 is 0. The van der Waals surface area contributed by atoms with E-state index in [0.717, 1.165) is 300 Å². The van der Waals surface area contributed by atoms with Crippen molar-refractivity contribution in [3.63, 3.8) is 0 Å². The molecular weight excluding hydrogens is 1730 g/mol. The lowest BCUT2D eigenvalue weighted by Gasteiger charge is -2.43. The summed E-state index contributed by atoms with van der Waals surface area (Å²) >= 11 is 0. The van der Waals surface area contributed by atoms with E-state index >= 15 is 0 Å². The minimum atomic E-state index is -0.723. The molecule has 4 spiro atoms. The van der Waals surface area contributed by atoms with Crippen molar-refractivity contribution in [3.8, 4) is 11.8 Å². The van der Waals surface area contributed by atoms with Crippen LogP contribution in [0.4, 0.5) is 40.3 Å². The highest BCUT2D eigenvalue weighted by Crippen LogP contribution is 2.56. The predicted octanol–water partition coefficient (Wildman–Crippen LogP) is 14.1. The van der Waals surface area contributed by atoms with Crippen LogP contribution in [0.5, 0.6) is 0 Å². The van der Waals surface area contributed by atoms with Gasteiger partial charge in [-0.15, -0.1) is 0 Å². The van der Waals surface area contributed by atoms with Gasteiger partial charge in [0.1, 0.15) is 51.5 Å². The van der Waals surface area contributed by atoms with Crippen LogP contribution in [0.25, 0.3) is 0 Å². The Morgan fingerprint density at radius 1 is 0.381 bits per heavy atom. The zero-order chi connectivity index (χ0) is 94.4. The maximum absolute atomic E-state index is 10.8. The van der Waals surface area contributed by atoms with Crippen LogP contribution < -0.4 is 57.2 Å². The first-order valence-corrected chi connectivity index (χ1v) is 49.9. The number of aryl methyl sites for hydroxylation is 3. The summed E-state index contributed by atoms with van der Waals surface area (Å²) in [6.45, 7) is 16.7. The molecule has 5 aromatic carbocycles. The quantitative estimate of drug-likeness (QED) is 0.0807. The fourth-order valence-corrected chi connectivity index (χ4v) is 24.6. The Kier molecular flexibility index (Phi) is 23.6. The number of aliphatic hydroxyl groups is 2. The summed E-state index contributed by atoms with van der Waals surface area (Å²) in [5.74, 6) is 12.4. The normalized spacial score (nSPS) is 21.5. The highest BCUT2D eigenvalue weighted by molar-refractivity contribution is 6.15. The molecule has 7 aromatic heterocycles. The fraction of sp³-hybridized carbons (Fsp3) is 0.396. The van der Waals surface area contributed by atoms with Gasteiger partial charge in [0, 0.05) is 132 Å². The maximum atomic E-state index is 10.8. The largest absolute Gasteiger partial charge is 0.387 e. The summed E-state index contributed by atoms with van der Waals surface area (Å²) in [7, 11) is 2.02. The molecule has 0 unspecified atom stereocenters. The summed E-state index contributed by atoms with van der Waals surface area (Å²) in [6, 6.07) is 57.2. The number of aliphatic hydroxyl groups excluding tert-OH is 2. The van der Waals surface area contributed by atoms with Crippen molar-refractivity contribution in [3.05, 3.63) is 319 Å². The second-order valence-corrected chi connectivity index (χ2v) is 40.5. The molecule has 17 heterocycles. The first-order valence-electron chi connectivity index (χ1n) is 49.9. The number of amidine groups is 3. The van der Waals surface area contributed by atoms with E-state index in [2.05, 4.69) is 181 Å².